The quantitative estimate of drug-likeness (QED) is 0.806. The molecule has 0 aliphatic heterocycles. The maximum Gasteiger partial charge on any atom is 0.356 e. The lowest BCUT2D eigenvalue weighted by atomic mass is 10.4. The minimum absolute atomic E-state index is 0.212. The number of furan rings is 1. The summed E-state index contributed by atoms with van der Waals surface area (Å²) < 4.78 is 9.71. The van der Waals surface area contributed by atoms with E-state index in [1.165, 1.54) is 19.4 Å². The number of hydrogen-bond acceptors (Lipinski definition) is 6. The number of aromatic nitrogens is 2. The van der Waals surface area contributed by atoms with Crippen LogP contribution in [-0.2, 0) is 11.3 Å². The third kappa shape index (κ3) is 2.81. The molecule has 17 heavy (non-hydrogen) atoms. The molecule has 2 aromatic rings. The van der Waals surface area contributed by atoms with E-state index < -0.39 is 5.97 Å². The van der Waals surface area contributed by atoms with Crippen molar-refractivity contribution in [1.29, 1.82) is 0 Å². The first kappa shape index (κ1) is 11.1. The third-order valence-electron chi connectivity index (χ3n) is 2.05. The van der Waals surface area contributed by atoms with Gasteiger partial charge in [0.1, 0.15) is 5.76 Å². The number of carbonyl (C=O) groups excluding carboxylic acids is 1. The fraction of sp³-hybridized carbons (Fsp3) is 0.182. The van der Waals surface area contributed by atoms with E-state index in [0.29, 0.717) is 12.5 Å². The Bertz CT molecular complexity index is 496. The van der Waals surface area contributed by atoms with Crippen LogP contribution in [-0.4, -0.2) is 23.0 Å². The van der Waals surface area contributed by atoms with Crippen LogP contribution in [0.25, 0.3) is 0 Å². The molecule has 0 aliphatic carbocycles. The second-order valence-electron chi connectivity index (χ2n) is 3.19. The predicted molar refractivity (Wildman–Crippen MR) is 59.4 cm³/mol. The molecule has 88 valence electrons. The number of nitrogens with zero attached hydrogens (tertiary/aromatic N) is 2. The first-order chi connectivity index (χ1) is 8.29. The second-order valence-corrected chi connectivity index (χ2v) is 3.19. The zero-order chi connectivity index (χ0) is 12.1. The van der Waals surface area contributed by atoms with Gasteiger partial charge in [0.05, 0.1) is 19.9 Å². The molecule has 6 nitrogen and oxygen atoms in total. The average molecular weight is 233 g/mol. The van der Waals surface area contributed by atoms with Gasteiger partial charge in [0.15, 0.2) is 5.69 Å². The second kappa shape index (κ2) is 5.11. The number of nitrogens with one attached hydrogen (secondary N) is 1. The molecule has 0 saturated heterocycles. The molecule has 2 heterocycles. The Morgan fingerprint density at radius 3 is 3.12 bits per heavy atom. The monoisotopic (exact) mass is 233 g/mol. The van der Waals surface area contributed by atoms with Crippen molar-refractivity contribution in [2.24, 2.45) is 0 Å². The molecular formula is C11H11N3O3. The predicted octanol–water partition coefficient (Wildman–Crippen LogP) is 1.47. The largest absolute Gasteiger partial charge is 0.467 e. The van der Waals surface area contributed by atoms with Gasteiger partial charge in [-0.2, -0.15) is 0 Å². The SMILES string of the molecule is COC(=O)c1ccnc(NCc2ccco2)n1. The number of hydrogen-bond donors (Lipinski definition) is 1. The summed E-state index contributed by atoms with van der Waals surface area (Å²) in [5.41, 5.74) is 0.212. The molecule has 0 aliphatic rings. The summed E-state index contributed by atoms with van der Waals surface area (Å²) in [6.07, 6.45) is 3.08. The molecule has 6 heteroatoms. The number of methoxy groups -OCH3 is 1. The number of ether oxygens (including phenoxy) is 1. The molecule has 0 radical (unpaired) electrons. The first-order valence-corrected chi connectivity index (χ1v) is 4.97. The summed E-state index contributed by atoms with van der Waals surface area (Å²) in [5.74, 6) is 0.620. The van der Waals surface area contributed by atoms with E-state index >= 15 is 0 Å². The summed E-state index contributed by atoms with van der Waals surface area (Å²) in [7, 11) is 1.31. The van der Waals surface area contributed by atoms with Crippen molar-refractivity contribution in [3.63, 3.8) is 0 Å². The van der Waals surface area contributed by atoms with Crippen LogP contribution < -0.4 is 5.32 Å². The minimum Gasteiger partial charge on any atom is -0.467 e. The lowest BCUT2D eigenvalue weighted by Gasteiger charge is -2.03. The fourth-order valence-electron chi connectivity index (χ4n) is 1.24. The molecule has 0 saturated carbocycles. The molecule has 0 bridgehead atoms. The highest BCUT2D eigenvalue weighted by atomic mass is 16.5. The van der Waals surface area contributed by atoms with Gasteiger partial charge >= 0.3 is 5.97 Å². The van der Waals surface area contributed by atoms with E-state index in [0.717, 1.165) is 5.76 Å². The molecule has 0 aromatic carbocycles. The summed E-state index contributed by atoms with van der Waals surface area (Å²) in [4.78, 5) is 19.2. The summed E-state index contributed by atoms with van der Waals surface area (Å²) >= 11 is 0. The highest BCUT2D eigenvalue weighted by molar-refractivity contribution is 5.87. The van der Waals surface area contributed by atoms with E-state index in [9.17, 15) is 4.79 Å². The van der Waals surface area contributed by atoms with Crippen LogP contribution in [0.15, 0.2) is 35.1 Å². The Kier molecular flexibility index (Phi) is 3.34. The van der Waals surface area contributed by atoms with Crippen LogP contribution in [0.4, 0.5) is 5.95 Å². The first-order valence-electron chi connectivity index (χ1n) is 4.97. The highest BCUT2D eigenvalue weighted by Gasteiger charge is 2.08. The van der Waals surface area contributed by atoms with E-state index in [2.05, 4.69) is 20.0 Å². The van der Waals surface area contributed by atoms with E-state index in [1.54, 1.807) is 12.3 Å². The van der Waals surface area contributed by atoms with Crippen molar-refractivity contribution in [2.75, 3.05) is 12.4 Å². The van der Waals surface area contributed by atoms with Crippen LogP contribution >= 0.6 is 0 Å². The smallest absolute Gasteiger partial charge is 0.356 e. The van der Waals surface area contributed by atoms with Gasteiger partial charge in [-0.1, -0.05) is 0 Å². The van der Waals surface area contributed by atoms with Crippen molar-refractivity contribution < 1.29 is 13.9 Å². The number of carbonyl (C=O) groups is 1. The number of rotatable bonds is 4. The molecule has 1 N–H and O–H groups in total. The average Bonchev–Trinajstić information content (AvgIpc) is 2.89. The van der Waals surface area contributed by atoms with Gasteiger partial charge in [-0.15, -0.1) is 0 Å². The standard InChI is InChI=1S/C11H11N3O3/c1-16-10(15)9-4-5-12-11(14-9)13-7-8-3-2-6-17-8/h2-6H,7H2,1H3,(H,12,13,14). The van der Waals surface area contributed by atoms with Crippen LogP contribution in [0.5, 0.6) is 0 Å². The summed E-state index contributed by atoms with van der Waals surface area (Å²) in [6, 6.07) is 5.11. The maximum absolute atomic E-state index is 11.2. The van der Waals surface area contributed by atoms with E-state index in [1.807, 2.05) is 6.07 Å². The number of anilines is 1. The molecule has 0 atom stereocenters. The summed E-state index contributed by atoms with van der Waals surface area (Å²) in [5, 5.41) is 2.94. The van der Waals surface area contributed by atoms with Crippen molar-refractivity contribution in [1.82, 2.24) is 9.97 Å². The van der Waals surface area contributed by atoms with Gasteiger partial charge in [-0.25, -0.2) is 14.8 Å². The molecule has 2 aromatic heterocycles. The Morgan fingerprint density at radius 1 is 1.53 bits per heavy atom. The minimum atomic E-state index is -0.492. The Labute approximate surface area is 97.6 Å². The normalized spacial score (nSPS) is 9.94. The molecular weight excluding hydrogens is 222 g/mol. The van der Waals surface area contributed by atoms with Gasteiger partial charge < -0.3 is 14.5 Å². The highest BCUT2D eigenvalue weighted by Crippen LogP contribution is 2.05. The van der Waals surface area contributed by atoms with Gasteiger partial charge in [-0.05, 0) is 18.2 Å². The van der Waals surface area contributed by atoms with Crippen molar-refractivity contribution >= 4 is 11.9 Å². The van der Waals surface area contributed by atoms with Crippen LogP contribution in [0.2, 0.25) is 0 Å². The number of esters is 1. The van der Waals surface area contributed by atoms with E-state index in [-0.39, 0.29) is 5.69 Å². The van der Waals surface area contributed by atoms with Crippen LogP contribution in [0.1, 0.15) is 16.2 Å². The van der Waals surface area contributed by atoms with Crippen molar-refractivity contribution in [3.05, 3.63) is 42.1 Å². The molecule has 0 fully saturated rings. The topological polar surface area (TPSA) is 77.2 Å². The maximum atomic E-state index is 11.2. The lowest BCUT2D eigenvalue weighted by Crippen LogP contribution is -2.08. The summed E-state index contributed by atoms with van der Waals surface area (Å²) in [6.45, 7) is 0.456. The third-order valence-corrected chi connectivity index (χ3v) is 2.05. The molecule has 0 spiro atoms. The fourth-order valence-corrected chi connectivity index (χ4v) is 1.24. The Hall–Kier alpha value is -2.37. The Morgan fingerprint density at radius 2 is 2.41 bits per heavy atom. The Balaban J connectivity index is 2.03. The van der Waals surface area contributed by atoms with Crippen LogP contribution in [0, 0.1) is 0 Å². The van der Waals surface area contributed by atoms with Gasteiger partial charge in [-0.3, -0.25) is 0 Å². The van der Waals surface area contributed by atoms with Crippen LogP contribution in [0.3, 0.4) is 0 Å². The van der Waals surface area contributed by atoms with Crippen molar-refractivity contribution in [2.45, 2.75) is 6.54 Å². The molecule has 0 amide bonds. The molecule has 0 unspecified atom stereocenters. The van der Waals surface area contributed by atoms with Crippen molar-refractivity contribution in [3.8, 4) is 0 Å². The molecule has 2 rings (SSSR count). The van der Waals surface area contributed by atoms with Gasteiger partial charge in [0.25, 0.3) is 0 Å². The van der Waals surface area contributed by atoms with Gasteiger partial charge in [0, 0.05) is 6.20 Å². The van der Waals surface area contributed by atoms with E-state index in [4.69, 9.17) is 4.42 Å². The van der Waals surface area contributed by atoms with Gasteiger partial charge in [0.2, 0.25) is 5.95 Å². The zero-order valence-electron chi connectivity index (χ0n) is 9.21. The zero-order valence-corrected chi connectivity index (χ0v) is 9.21. The lowest BCUT2D eigenvalue weighted by molar-refractivity contribution is 0.0594.